The Bertz CT molecular complexity index is 1650. The van der Waals surface area contributed by atoms with E-state index in [1.807, 2.05) is 0 Å². The van der Waals surface area contributed by atoms with Crippen LogP contribution in [0.3, 0.4) is 0 Å². The maximum atomic E-state index is 13.3. The Balaban J connectivity index is 1.31. The largest absolute Gasteiger partial charge is 0.462 e. The molecular formula is C31H24BrN3O5S. The fourth-order valence-corrected chi connectivity index (χ4v) is 5.56. The number of rotatable bonds is 8. The Hall–Kier alpha value is -4.41. The number of aryl methyl sites for hydroxylation is 1. The third-order valence-electron chi connectivity index (χ3n) is 6.14. The van der Waals surface area contributed by atoms with E-state index in [-0.39, 0.29) is 23.9 Å². The normalized spacial score (nSPS) is 15.2. The van der Waals surface area contributed by atoms with Gasteiger partial charge in [-0.2, -0.15) is 0 Å². The highest BCUT2D eigenvalue weighted by atomic mass is 79.9. The van der Waals surface area contributed by atoms with Crippen LogP contribution in [-0.4, -0.2) is 28.9 Å². The number of amides is 4. The zero-order valence-electron chi connectivity index (χ0n) is 21.8. The van der Waals surface area contributed by atoms with Crippen molar-refractivity contribution in [2.75, 3.05) is 10.2 Å². The summed E-state index contributed by atoms with van der Waals surface area (Å²) >= 11 is 4.62. The minimum Gasteiger partial charge on any atom is -0.462 e. The fraction of sp³-hybridized carbons (Fsp3) is 0.0968. The SMILES string of the molecule is Cc1ccc(/C=C(\NC(=O)c2ccccc2)C(=O)Nc2cccc(S[C@H]3CC(=O)N(c4ccc(Br)cc4)C3=O)c2)o1. The third kappa shape index (κ3) is 6.85. The van der Waals surface area contributed by atoms with E-state index < -0.39 is 17.1 Å². The van der Waals surface area contributed by atoms with Gasteiger partial charge in [-0.1, -0.05) is 40.2 Å². The molecule has 1 saturated heterocycles. The molecule has 41 heavy (non-hydrogen) atoms. The molecule has 4 amide bonds. The summed E-state index contributed by atoms with van der Waals surface area (Å²) in [5.74, 6) is -0.493. The highest BCUT2D eigenvalue weighted by Crippen LogP contribution is 2.35. The lowest BCUT2D eigenvalue weighted by molar-refractivity contribution is -0.121. The number of carbonyl (C=O) groups excluding carboxylic acids is 4. The zero-order valence-corrected chi connectivity index (χ0v) is 24.2. The van der Waals surface area contributed by atoms with Crippen LogP contribution in [0, 0.1) is 6.92 Å². The van der Waals surface area contributed by atoms with E-state index in [1.165, 1.54) is 22.7 Å². The number of thioether (sulfide) groups is 1. The standard InChI is InChI=1S/C31H24BrN3O5S/c1-19-10-15-24(40-19)17-26(34-29(37)20-6-3-2-4-7-20)30(38)33-22-8-5-9-25(16-22)41-27-18-28(36)35(31(27)39)23-13-11-21(32)12-14-23/h2-17,27H,18H2,1H3,(H,33,38)(H,34,37)/b26-17-/t27-/m0/s1. The van der Waals surface area contributed by atoms with Gasteiger partial charge >= 0.3 is 0 Å². The van der Waals surface area contributed by atoms with Crippen molar-refractivity contribution in [3.63, 3.8) is 0 Å². The van der Waals surface area contributed by atoms with Gasteiger partial charge in [0, 0.05) is 33.1 Å². The molecule has 0 spiro atoms. The molecule has 0 bridgehead atoms. The van der Waals surface area contributed by atoms with Crippen molar-refractivity contribution in [3.05, 3.63) is 118 Å². The molecule has 1 aliphatic heterocycles. The van der Waals surface area contributed by atoms with E-state index >= 15 is 0 Å². The molecule has 1 atom stereocenters. The molecule has 1 fully saturated rings. The minimum absolute atomic E-state index is 0.00651. The Morgan fingerprint density at radius 3 is 2.44 bits per heavy atom. The summed E-state index contributed by atoms with van der Waals surface area (Å²) in [6.45, 7) is 1.78. The van der Waals surface area contributed by atoms with E-state index in [4.69, 9.17) is 4.42 Å². The molecule has 0 unspecified atom stereocenters. The van der Waals surface area contributed by atoms with Gasteiger partial charge in [-0.3, -0.25) is 19.2 Å². The molecular weight excluding hydrogens is 606 g/mol. The maximum absolute atomic E-state index is 13.3. The van der Waals surface area contributed by atoms with Gasteiger partial charge < -0.3 is 15.1 Å². The van der Waals surface area contributed by atoms with Crippen LogP contribution in [0.1, 0.15) is 28.3 Å². The van der Waals surface area contributed by atoms with Crippen molar-refractivity contribution >= 4 is 68.8 Å². The lowest BCUT2D eigenvalue weighted by Gasteiger charge is -2.15. The predicted molar refractivity (Wildman–Crippen MR) is 161 cm³/mol. The van der Waals surface area contributed by atoms with Crippen LogP contribution in [0.5, 0.6) is 0 Å². The number of anilines is 2. The van der Waals surface area contributed by atoms with Crippen molar-refractivity contribution in [1.29, 1.82) is 0 Å². The summed E-state index contributed by atoms with van der Waals surface area (Å²) < 4.78 is 6.43. The molecule has 8 nitrogen and oxygen atoms in total. The molecule has 1 aromatic heterocycles. The average Bonchev–Trinajstić information content (AvgIpc) is 3.50. The van der Waals surface area contributed by atoms with Crippen molar-refractivity contribution in [2.45, 2.75) is 23.5 Å². The van der Waals surface area contributed by atoms with E-state index in [2.05, 4.69) is 26.6 Å². The van der Waals surface area contributed by atoms with Gasteiger partial charge in [-0.05, 0) is 73.7 Å². The van der Waals surface area contributed by atoms with Crippen LogP contribution in [0.25, 0.3) is 6.08 Å². The Kier molecular flexibility index (Phi) is 8.51. The van der Waals surface area contributed by atoms with Gasteiger partial charge in [0.2, 0.25) is 11.8 Å². The Labute approximate surface area is 248 Å². The van der Waals surface area contributed by atoms with Crippen molar-refractivity contribution in [3.8, 4) is 0 Å². The topological polar surface area (TPSA) is 109 Å². The Morgan fingerprint density at radius 2 is 1.73 bits per heavy atom. The number of furan rings is 1. The van der Waals surface area contributed by atoms with Crippen LogP contribution < -0.4 is 15.5 Å². The van der Waals surface area contributed by atoms with Gasteiger partial charge in [0.25, 0.3) is 11.8 Å². The van der Waals surface area contributed by atoms with Crippen LogP contribution in [-0.2, 0) is 14.4 Å². The molecule has 2 heterocycles. The summed E-state index contributed by atoms with van der Waals surface area (Å²) in [4.78, 5) is 53.8. The number of imide groups is 1. The minimum atomic E-state index is -0.597. The molecule has 5 rings (SSSR count). The second-order valence-corrected chi connectivity index (χ2v) is 11.4. The number of benzene rings is 3. The first-order valence-electron chi connectivity index (χ1n) is 12.6. The predicted octanol–water partition coefficient (Wildman–Crippen LogP) is 6.18. The lowest BCUT2D eigenvalue weighted by atomic mass is 10.2. The third-order valence-corrected chi connectivity index (χ3v) is 7.84. The lowest BCUT2D eigenvalue weighted by Crippen LogP contribution is -2.31. The number of nitrogens with zero attached hydrogens (tertiary/aromatic N) is 1. The number of carbonyl (C=O) groups is 4. The average molecular weight is 631 g/mol. The van der Waals surface area contributed by atoms with Crippen LogP contribution in [0.2, 0.25) is 0 Å². The summed E-state index contributed by atoms with van der Waals surface area (Å²) in [7, 11) is 0. The first-order valence-corrected chi connectivity index (χ1v) is 14.3. The summed E-state index contributed by atoms with van der Waals surface area (Å²) in [6, 6.07) is 26.0. The molecule has 1 aliphatic rings. The van der Waals surface area contributed by atoms with Gasteiger partial charge in [0.1, 0.15) is 17.2 Å². The highest BCUT2D eigenvalue weighted by Gasteiger charge is 2.40. The first kappa shape index (κ1) is 28.1. The van der Waals surface area contributed by atoms with Crippen LogP contribution >= 0.6 is 27.7 Å². The first-order chi connectivity index (χ1) is 19.8. The van der Waals surface area contributed by atoms with Crippen molar-refractivity contribution in [1.82, 2.24) is 5.32 Å². The monoisotopic (exact) mass is 629 g/mol. The second-order valence-electron chi connectivity index (χ2n) is 9.16. The van der Waals surface area contributed by atoms with Crippen molar-refractivity contribution < 1.29 is 23.6 Å². The van der Waals surface area contributed by atoms with Gasteiger partial charge in [0.15, 0.2) is 0 Å². The van der Waals surface area contributed by atoms with Crippen LogP contribution in [0.15, 0.2) is 110 Å². The maximum Gasteiger partial charge on any atom is 0.272 e. The molecule has 0 aliphatic carbocycles. The van der Waals surface area contributed by atoms with E-state index in [0.717, 1.165) is 4.47 Å². The molecule has 10 heteroatoms. The molecule has 0 saturated carbocycles. The van der Waals surface area contributed by atoms with Crippen LogP contribution in [0.4, 0.5) is 11.4 Å². The quantitative estimate of drug-likeness (QED) is 0.178. The zero-order chi connectivity index (χ0) is 28.9. The summed E-state index contributed by atoms with van der Waals surface area (Å²) in [5.41, 5.74) is 1.37. The van der Waals surface area contributed by atoms with Gasteiger partial charge in [0.05, 0.1) is 10.9 Å². The van der Waals surface area contributed by atoms with E-state index in [9.17, 15) is 19.2 Å². The second kappa shape index (κ2) is 12.4. The van der Waals surface area contributed by atoms with Gasteiger partial charge in [-0.25, -0.2) is 4.90 Å². The van der Waals surface area contributed by atoms with E-state index in [0.29, 0.717) is 33.4 Å². The molecule has 0 radical (unpaired) electrons. The Morgan fingerprint density at radius 1 is 0.976 bits per heavy atom. The summed E-state index contributed by atoms with van der Waals surface area (Å²) in [6.07, 6.45) is 1.53. The molecule has 4 aromatic rings. The van der Waals surface area contributed by atoms with Gasteiger partial charge in [-0.15, -0.1) is 11.8 Å². The smallest absolute Gasteiger partial charge is 0.272 e. The highest BCUT2D eigenvalue weighted by molar-refractivity contribution is 9.10. The molecule has 3 aromatic carbocycles. The van der Waals surface area contributed by atoms with E-state index in [1.54, 1.807) is 97.9 Å². The number of halogens is 1. The summed E-state index contributed by atoms with van der Waals surface area (Å²) in [5, 5.41) is 4.88. The van der Waals surface area contributed by atoms with Crippen molar-refractivity contribution in [2.24, 2.45) is 0 Å². The molecule has 206 valence electrons. The number of hydrogen-bond acceptors (Lipinski definition) is 6. The number of nitrogens with one attached hydrogen (secondary N) is 2. The fourth-order valence-electron chi connectivity index (χ4n) is 4.18. The number of hydrogen-bond donors (Lipinski definition) is 2. The molecule has 2 N–H and O–H groups in total.